The third-order valence-corrected chi connectivity index (χ3v) is 6.99. The number of thiophene rings is 2. The highest BCUT2D eigenvalue weighted by atomic mass is 32.1. The van der Waals surface area contributed by atoms with Crippen LogP contribution in [0.5, 0.6) is 0 Å². The van der Waals surface area contributed by atoms with Crippen LogP contribution in [0.4, 0.5) is 14.5 Å². The first-order valence-electron chi connectivity index (χ1n) is 9.09. The number of nitrogens with zero attached hydrogens (tertiary/aromatic N) is 3. The number of carbonyl (C=O) groups excluding carboxylic acids is 2. The van der Waals surface area contributed by atoms with Gasteiger partial charge < -0.3 is 11.1 Å². The summed E-state index contributed by atoms with van der Waals surface area (Å²) in [7, 11) is 1.70. The molecule has 0 fully saturated rings. The van der Waals surface area contributed by atoms with E-state index in [4.69, 9.17) is 5.73 Å². The number of hydrogen-bond donors (Lipinski definition) is 2. The minimum atomic E-state index is -2.79. The molecule has 2 amide bonds. The van der Waals surface area contributed by atoms with E-state index in [2.05, 4.69) is 15.4 Å². The summed E-state index contributed by atoms with van der Waals surface area (Å²) < 4.78 is 28.6. The van der Waals surface area contributed by atoms with Gasteiger partial charge in [-0.05, 0) is 32.0 Å². The number of primary amides is 1. The molecule has 11 heteroatoms. The van der Waals surface area contributed by atoms with E-state index < -0.39 is 23.9 Å². The molecule has 7 nitrogen and oxygen atoms in total. The van der Waals surface area contributed by atoms with Crippen molar-refractivity contribution in [1.82, 2.24) is 14.8 Å². The number of nitrogens with two attached hydrogens (primary N) is 1. The highest BCUT2D eigenvalue weighted by molar-refractivity contribution is 7.21. The number of fused-ring (bicyclic) bond motifs is 1. The molecule has 4 rings (SSSR count). The van der Waals surface area contributed by atoms with Gasteiger partial charge in [-0.2, -0.15) is 5.10 Å². The zero-order valence-electron chi connectivity index (χ0n) is 16.7. The molecule has 0 saturated heterocycles. The summed E-state index contributed by atoms with van der Waals surface area (Å²) in [5.74, 6) is -1.27. The van der Waals surface area contributed by atoms with E-state index in [9.17, 15) is 18.4 Å². The van der Waals surface area contributed by atoms with Crippen molar-refractivity contribution >= 4 is 50.4 Å². The van der Waals surface area contributed by atoms with Gasteiger partial charge in [0.1, 0.15) is 15.4 Å². The van der Waals surface area contributed by atoms with Crippen LogP contribution in [0.2, 0.25) is 0 Å². The molecule has 4 heterocycles. The molecule has 4 aromatic rings. The van der Waals surface area contributed by atoms with Crippen LogP contribution in [0.1, 0.15) is 42.7 Å². The number of amides is 2. The van der Waals surface area contributed by atoms with E-state index in [-0.39, 0.29) is 15.4 Å². The van der Waals surface area contributed by atoms with Gasteiger partial charge in [-0.3, -0.25) is 14.3 Å². The topological polar surface area (TPSA) is 103 Å². The number of nitrogens with one attached hydrogen (secondary N) is 1. The molecule has 0 aromatic carbocycles. The SMILES string of the molecule is Cc1ccc(-c2cc(C(F)F)nc3sc(C(N)=O)c(NC(=O)c4cnn(C)c4C)c23)s1. The summed E-state index contributed by atoms with van der Waals surface area (Å²) >= 11 is 2.29. The molecule has 0 aliphatic rings. The van der Waals surface area contributed by atoms with Gasteiger partial charge in [0.25, 0.3) is 18.2 Å². The normalized spacial score (nSPS) is 11.4. The lowest BCUT2D eigenvalue weighted by atomic mass is 10.1. The zero-order chi connectivity index (χ0) is 22.4. The van der Waals surface area contributed by atoms with Crippen molar-refractivity contribution in [2.45, 2.75) is 20.3 Å². The summed E-state index contributed by atoms with van der Waals surface area (Å²) in [6, 6.07) is 4.97. The van der Waals surface area contributed by atoms with Crippen LogP contribution >= 0.6 is 22.7 Å². The zero-order valence-corrected chi connectivity index (χ0v) is 18.3. The molecule has 3 N–H and O–H groups in total. The molecular weight excluding hydrogens is 444 g/mol. The van der Waals surface area contributed by atoms with Crippen LogP contribution < -0.4 is 11.1 Å². The van der Waals surface area contributed by atoms with E-state index >= 15 is 0 Å². The van der Waals surface area contributed by atoms with E-state index in [1.54, 1.807) is 18.7 Å². The highest BCUT2D eigenvalue weighted by Gasteiger charge is 2.26. The second-order valence-electron chi connectivity index (χ2n) is 6.88. The number of aryl methyl sites for hydroxylation is 2. The van der Waals surface area contributed by atoms with Crippen molar-refractivity contribution in [2.24, 2.45) is 12.8 Å². The summed E-state index contributed by atoms with van der Waals surface area (Å²) in [5, 5.41) is 7.21. The molecule has 0 bridgehead atoms. The predicted octanol–water partition coefficient (Wildman–Crippen LogP) is 4.66. The molecule has 0 unspecified atom stereocenters. The van der Waals surface area contributed by atoms with Crippen molar-refractivity contribution < 1.29 is 18.4 Å². The van der Waals surface area contributed by atoms with Crippen molar-refractivity contribution in [3.8, 4) is 10.4 Å². The number of alkyl halides is 2. The first kappa shape index (κ1) is 21.1. The minimum absolute atomic E-state index is 0.0401. The molecule has 0 spiro atoms. The molecule has 0 saturated carbocycles. The number of carbonyl (C=O) groups is 2. The fraction of sp³-hybridized carbons (Fsp3) is 0.200. The monoisotopic (exact) mass is 461 g/mol. The minimum Gasteiger partial charge on any atom is -0.365 e. The number of rotatable bonds is 5. The van der Waals surface area contributed by atoms with Crippen LogP contribution in [0.15, 0.2) is 24.4 Å². The predicted molar refractivity (Wildman–Crippen MR) is 117 cm³/mol. The molecular formula is C20H17F2N5O2S2. The van der Waals surface area contributed by atoms with Crippen LogP contribution in [-0.4, -0.2) is 26.6 Å². The van der Waals surface area contributed by atoms with Gasteiger partial charge in [0.05, 0.1) is 17.4 Å². The van der Waals surface area contributed by atoms with Gasteiger partial charge in [0, 0.05) is 33.4 Å². The van der Waals surface area contributed by atoms with Gasteiger partial charge in [-0.1, -0.05) is 0 Å². The van der Waals surface area contributed by atoms with Crippen LogP contribution in [-0.2, 0) is 7.05 Å². The summed E-state index contributed by atoms with van der Waals surface area (Å²) in [5.41, 5.74) is 6.71. The lowest BCUT2D eigenvalue weighted by molar-refractivity contribution is 0.100. The fourth-order valence-corrected chi connectivity index (χ4v) is 5.10. The second-order valence-corrected chi connectivity index (χ2v) is 9.16. The van der Waals surface area contributed by atoms with E-state index in [1.165, 1.54) is 23.6 Å². The average Bonchev–Trinajstić information content (AvgIpc) is 3.39. The van der Waals surface area contributed by atoms with Gasteiger partial charge >= 0.3 is 0 Å². The molecule has 4 aromatic heterocycles. The number of anilines is 1. The average molecular weight is 462 g/mol. The third-order valence-electron chi connectivity index (χ3n) is 4.85. The van der Waals surface area contributed by atoms with Crippen molar-refractivity contribution in [3.63, 3.8) is 0 Å². The van der Waals surface area contributed by atoms with E-state index in [0.29, 0.717) is 27.1 Å². The smallest absolute Gasteiger partial charge is 0.280 e. The summed E-state index contributed by atoms with van der Waals surface area (Å²) in [6.07, 6.45) is -1.38. The molecule has 0 aliphatic heterocycles. The number of hydrogen-bond acceptors (Lipinski definition) is 6. The van der Waals surface area contributed by atoms with Gasteiger partial charge in [-0.15, -0.1) is 22.7 Å². The van der Waals surface area contributed by atoms with Crippen molar-refractivity contribution in [1.29, 1.82) is 0 Å². The summed E-state index contributed by atoms with van der Waals surface area (Å²) in [4.78, 5) is 31.1. The Labute approximate surface area is 183 Å². The van der Waals surface area contributed by atoms with Crippen LogP contribution in [0.3, 0.4) is 0 Å². The first-order valence-corrected chi connectivity index (χ1v) is 10.7. The number of halogens is 2. The lowest BCUT2D eigenvalue weighted by Crippen LogP contribution is -2.17. The van der Waals surface area contributed by atoms with Crippen LogP contribution in [0, 0.1) is 13.8 Å². The third kappa shape index (κ3) is 3.70. The maximum atomic E-state index is 13.5. The Hall–Kier alpha value is -3.18. The van der Waals surface area contributed by atoms with Gasteiger partial charge in [0.15, 0.2) is 0 Å². The Morgan fingerprint density at radius 2 is 1.97 bits per heavy atom. The number of pyridine rings is 1. The Kier molecular flexibility index (Phi) is 5.31. The van der Waals surface area contributed by atoms with E-state index in [1.807, 2.05) is 19.1 Å². The first-order chi connectivity index (χ1) is 14.7. The fourth-order valence-electron chi connectivity index (χ4n) is 3.20. The Morgan fingerprint density at radius 1 is 1.23 bits per heavy atom. The lowest BCUT2D eigenvalue weighted by Gasteiger charge is -2.10. The van der Waals surface area contributed by atoms with Gasteiger partial charge in [-0.25, -0.2) is 13.8 Å². The summed E-state index contributed by atoms with van der Waals surface area (Å²) in [6.45, 7) is 3.63. The van der Waals surface area contributed by atoms with Gasteiger partial charge in [0.2, 0.25) is 0 Å². The Morgan fingerprint density at radius 3 is 2.52 bits per heavy atom. The van der Waals surface area contributed by atoms with E-state index in [0.717, 1.165) is 16.2 Å². The van der Waals surface area contributed by atoms with Crippen molar-refractivity contribution in [2.75, 3.05) is 5.32 Å². The van der Waals surface area contributed by atoms with Crippen molar-refractivity contribution in [3.05, 3.63) is 51.1 Å². The molecule has 0 atom stereocenters. The quantitative estimate of drug-likeness (QED) is 0.451. The largest absolute Gasteiger partial charge is 0.365 e. The Balaban J connectivity index is 1.96. The molecule has 31 heavy (non-hydrogen) atoms. The maximum Gasteiger partial charge on any atom is 0.280 e. The second kappa shape index (κ2) is 7.82. The van der Waals surface area contributed by atoms with Crippen LogP contribution in [0.25, 0.3) is 20.7 Å². The highest BCUT2D eigenvalue weighted by Crippen LogP contribution is 2.44. The molecule has 0 aliphatic carbocycles. The molecule has 0 radical (unpaired) electrons. The number of aromatic nitrogens is 3. The molecule has 160 valence electrons. The Bertz CT molecular complexity index is 1340. The standard InChI is InChI=1S/C20H17F2N5O2S2/c1-8-4-5-13(30-8)10-6-12(17(21)22)25-20-14(10)15(16(31-20)18(23)28)26-19(29)11-7-24-27(3)9(11)2/h4-7,17H,1-3H3,(H2,23,28)(H,26,29). The maximum absolute atomic E-state index is 13.5.